The third-order valence-corrected chi connectivity index (χ3v) is 5.20. The topological polar surface area (TPSA) is 61.4 Å². The Balaban J connectivity index is 2.04. The van der Waals surface area contributed by atoms with Gasteiger partial charge in [0.25, 0.3) is 0 Å². The van der Waals surface area contributed by atoms with E-state index in [-0.39, 0.29) is 17.9 Å². The Morgan fingerprint density at radius 1 is 1.11 bits per heavy atom. The molecule has 0 aromatic heterocycles. The Labute approximate surface area is 163 Å². The van der Waals surface area contributed by atoms with E-state index in [0.29, 0.717) is 24.8 Å². The molecule has 150 valence electrons. The monoisotopic (exact) mass is 373 g/mol. The van der Waals surface area contributed by atoms with Crippen molar-refractivity contribution in [1.82, 2.24) is 10.2 Å². The predicted octanol–water partition coefficient (Wildman–Crippen LogP) is 3.86. The Bertz CT molecular complexity index is 629. The zero-order chi connectivity index (χ0) is 20.0. The molecule has 0 saturated carbocycles. The van der Waals surface area contributed by atoms with Crippen molar-refractivity contribution in [2.45, 2.75) is 71.8 Å². The van der Waals surface area contributed by atoms with Crippen molar-refractivity contribution in [2.75, 3.05) is 25.0 Å². The van der Waals surface area contributed by atoms with E-state index < -0.39 is 0 Å². The van der Waals surface area contributed by atoms with Crippen LogP contribution in [0.2, 0.25) is 0 Å². The average molecular weight is 374 g/mol. The normalized spacial score (nSPS) is 18.0. The number of amides is 2. The molecule has 1 aliphatic rings. The molecule has 0 aliphatic carbocycles. The summed E-state index contributed by atoms with van der Waals surface area (Å²) < 4.78 is 0. The van der Waals surface area contributed by atoms with E-state index in [1.807, 2.05) is 6.92 Å². The fraction of sp³-hybridized carbons (Fsp3) is 0.636. The summed E-state index contributed by atoms with van der Waals surface area (Å²) in [6.07, 6.45) is 2.49. The van der Waals surface area contributed by atoms with E-state index in [1.165, 1.54) is 11.1 Å². The van der Waals surface area contributed by atoms with Gasteiger partial charge in [-0.1, -0.05) is 52.8 Å². The largest absolute Gasteiger partial charge is 0.352 e. The molecular weight excluding hydrogens is 338 g/mol. The molecule has 1 fully saturated rings. The van der Waals surface area contributed by atoms with Gasteiger partial charge in [0.2, 0.25) is 11.8 Å². The standard InChI is InChI=1S/C22H35N3O2/c1-6-20(26)23-17-9-8-12-25(13-17)14-21(27)24-22-18(15(2)3)10-7-11-19(22)16(4)5/h7,10-11,15-17H,6,8-9,12-14H2,1-5H3,(H,23,26)(H,24,27). The van der Waals surface area contributed by atoms with Crippen LogP contribution in [0.5, 0.6) is 0 Å². The van der Waals surface area contributed by atoms with E-state index in [1.54, 1.807) is 0 Å². The third-order valence-electron chi connectivity index (χ3n) is 5.20. The molecule has 2 N–H and O–H groups in total. The van der Waals surface area contributed by atoms with Crippen LogP contribution in [0.3, 0.4) is 0 Å². The number of rotatable bonds is 7. The predicted molar refractivity (Wildman–Crippen MR) is 111 cm³/mol. The minimum absolute atomic E-state index is 0.0208. The smallest absolute Gasteiger partial charge is 0.238 e. The van der Waals surface area contributed by atoms with Crippen LogP contribution in [-0.4, -0.2) is 42.4 Å². The van der Waals surface area contributed by atoms with Crippen molar-refractivity contribution in [2.24, 2.45) is 0 Å². The number of carbonyl (C=O) groups excluding carboxylic acids is 2. The van der Waals surface area contributed by atoms with Gasteiger partial charge in [0.1, 0.15) is 0 Å². The number of hydrogen-bond acceptors (Lipinski definition) is 3. The van der Waals surface area contributed by atoms with Crippen molar-refractivity contribution in [3.63, 3.8) is 0 Å². The molecular formula is C22H35N3O2. The van der Waals surface area contributed by atoms with Crippen LogP contribution in [0.4, 0.5) is 5.69 Å². The van der Waals surface area contributed by atoms with Crippen molar-refractivity contribution >= 4 is 17.5 Å². The SMILES string of the molecule is CCC(=O)NC1CCCN(CC(=O)Nc2c(C(C)C)cccc2C(C)C)C1. The lowest BCUT2D eigenvalue weighted by molar-refractivity contribution is -0.121. The maximum atomic E-state index is 12.8. The molecule has 2 amide bonds. The Kier molecular flexibility index (Phi) is 7.84. The number of piperidine rings is 1. The average Bonchev–Trinajstić information content (AvgIpc) is 2.61. The van der Waals surface area contributed by atoms with E-state index in [9.17, 15) is 9.59 Å². The highest BCUT2D eigenvalue weighted by Gasteiger charge is 2.23. The summed E-state index contributed by atoms with van der Waals surface area (Å²) in [6, 6.07) is 6.42. The Hall–Kier alpha value is -1.88. The van der Waals surface area contributed by atoms with E-state index in [4.69, 9.17) is 0 Å². The summed E-state index contributed by atoms with van der Waals surface area (Å²) >= 11 is 0. The van der Waals surface area contributed by atoms with Crippen LogP contribution >= 0.6 is 0 Å². The van der Waals surface area contributed by atoms with Crippen molar-refractivity contribution in [3.8, 4) is 0 Å². The first-order valence-corrected chi connectivity index (χ1v) is 10.3. The maximum absolute atomic E-state index is 12.8. The van der Waals surface area contributed by atoms with Gasteiger partial charge in [0.15, 0.2) is 0 Å². The molecule has 1 heterocycles. The first kappa shape index (κ1) is 21.4. The molecule has 5 heteroatoms. The second-order valence-electron chi connectivity index (χ2n) is 8.16. The van der Waals surface area contributed by atoms with Crippen LogP contribution in [0.1, 0.15) is 76.8 Å². The van der Waals surface area contributed by atoms with Crippen molar-refractivity contribution < 1.29 is 9.59 Å². The van der Waals surface area contributed by atoms with Gasteiger partial charge in [-0.15, -0.1) is 0 Å². The molecule has 5 nitrogen and oxygen atoms in total. The maximum Gasteiger partial charge on any atom is 0.238 e. The second-order valence-corrected chi connectivity index (χ2v) is 8.16. The summed E-state index contributed by atoms with van der Waals surface area (Å²) in [5.41, 5.74) is 3.34. The first-order chi connectivity index (χ1) is 12.8. The van der Waals surface area contributed by atoms with E-state index in [2.05, 4.69) is 61.4 Å². The van der Waals surface area contributed by atoms with Crippen molar-refractivity contribution in [3.05, 3.63) is 29.3 Å². The van der Waals surface area contributed by atoms with Gasteiger partial charge in [-0.25, -0.2) is 0 Å². The van der Waals surface area contributed by atoms with Gasteiger partial charge in [-0.3, -0.25) is 14.5 Å². The fourth-order valence-corrected chi connectivity index (χ4v) is 3.72. The lowest BCUT2D eigenvalue weighted by atomic mass is 9.92. The first-order valence-electron chi connectivity index (χ1n) is 10.3. The number of benzene rings is 1. The van der Waals surface area contributed by atoms with Crippen LogP contribution in [0.15, 0.2) is 18.2 Å². The highest BCUT2D eigenvalue weighted by molar-refractivity contribution is 5.94. The number of hydrogen-bond donors (Lipinski definition) is 2. The molecule has 1 saturated heterocycles. The van der Waals surface area contributed by atoms with Crippen molar-refractivity contribution in [1.29, 1.82) is 0 Å². The number of para-hydroxylation sites is 1. The Morgan fingerprint density at radius 3 is 2.30 bits per heavy atom. The lowest BCUT2D eigenvalue weighted by Crippen LogP contribution is -2.49. The van der Waals surface area contributed by atoms with Gasteiger partial charge >= 0.3 is 0 Å². The summed E-state index contributed by atoms with van der Waals surface area (Å²) in [6.45, 7) is 12.5. The molecule has 0 spiro atoms. The van der Waals surface area contributed by atoms with Crippen LogP contribution in [0.25, 0.3) is 0 Å². The quantitative estimate of drug-likeness (QED) is 0.763. The van der Waals surface area contributed by atoms with Gasteiger partial charge < -0.3 is 10.6 Å². The highest BCUT2D eigenvalue weighted by atomic mass is 16.2. The van der Waals surface area contributed by atoms with Crippen LogP contribution in [-0.2, 0) is 9.59 Å². The van der Waals surface area contributed by atoms with Gasteiger partial charge in [-0.05, 0) is 42.3 Å². The molecule has 0 bridgehead atoms. The second kappa shape index (κ2) is 9.88. The number of nitrogens with one attached hydrogen (secondary N) is 2. The number of nitrogens with zero attached hydrogens (tertiary/aromatic N) is 1. The van der Waals surface area contributed by atoms with Crippen LogP contribution < -0.4 is 10.6 Å². The number of carbonyl (C=O) groups is 2. The molecule has 1 aromatic rings. The molecule has 1 aromatic carbocycles. The minimum atomic E-state index is 0.0208. The molecule has 1 atom stereocenters. The summed E-state index contributed by atoms with van der Waals surface area (Å²) in [5.74, 6) is 0.802. The summed E-state index contributed by atoms with van der Waals surface area (Å²) in [5, 5.41) is 6.25. The third kappa shape index (κ3) is 6.06. The lowest BCUT2D eigenvalue weighted by Gasteiger charge is -2.32. The summed E-state index contributed by atoms with van der Waals surface area (Å²) in [7, 11) is 0. The minimum Gasteiger partial charge on any atom is -0.352 e. The highest BCUT2D eigenvalue weighted by Crippen LogP contribution is 2.32. The van der Waals surface area contributed by atoms with Gasteiger partial charge in [-0.2, -0.15) is 0 Å². The van der Waals surface area contributed by atoms with Gasteiger partial charge in [0.05, 0.1) is 6.54 Å². The summed E-state index contributed by atoms with van der Waals surface area (Å²) in [4.78, 5) is 26.6. The van der Waals surface area contributed by atoms with Crippen LogP contribution in [0, 0.1) is 0 Å². The molecule has 0 radical (unpaired) electrons. The fourth-order valence-electron chi connectivity index (χ4n) is 3.72. The molecule has 1 aliphatic heterocycles. The van der Waals surface area contributed by atoms with E-state index >= 15 is 0 Å². The number of likely N-dealkylation sites (tertiary alicyclic amines) is 1. The number of anilines is 1. The van der Waals surface area contributed by atoms with E-state index in [0.717, 1.165) is 31.6 Å². The zero-order valence-corrected chi connectivity index (χ0v) is 17.5. The molecule has 1 unspecified atom stereocenters. The van der Waals surface area contributed by atoms with Gasteiger partial charge in [0, 0.05) is 24.7 Å². The molecule has 2 rings (SSSR count). The Morgan fingerprint density at radius 2 is 1.74 bits per heavy atom. The molecule has 27 heavy (non-hydrogen) atoms. The zero-order valence-electron chi connectivity index (χ0n) is 17.5.